The van der Waals surface area contributed by atoms with Gasteiger partial charge in [0.15, 0.2) is 0 Å². The van der Waals surface area contributed by atoms with E-state index >= 15 is 0 Å². The summed E-state index contributed by atoms with van der Waals surface area (Å²) in [5, 5.41) is 5.29. The first-order valence-corrected chi connectivity index (χ1v) is 4.43. The van der Waals surface area contributed by atoms with Crippen molar-refractivity contribution in [2.24, 2.45) is 22.7 Å². The van der Waals surface area contributed by atoms with Crippen LogP contribution in [-0.4, -0.2) is 17.4 Å². The molecule has 0 rings (SSSR count). The van der Waals surface area contributed by atoms with Crippen molar-refractivity contribution < 1.29 is 0 Å². The second kappa shape index (κ2) is 5.83. The normalized spacial score (nSPS) is 12.2. The highest BCUT2D eigenvalue weighted by Gasteiger charge is 2.10. The second-order valence-corrected chi connectivity index (χ2v) is 3.19. The number of nitrogens with two attached hydrogens (primary N) is 2. The maximum atomic E-state index is 5.74. The van der Waals surface area contributed by atoms with Crippen LogP contribution >= 0.6 is 0 Å². The monoisotopic (exact) mass is 172 g/mol. The summed E-state index contributed by atoms with van der Waals surface area (Å²) in [6.07, 6.45) is 2.20. The molecule has 4 nitrogen and oxygen atoms in total. The molecule has 4 N–H and O–H groups in total. The molecule has 0 atom stereocenters. The first kappa shape index (κ1) is 11.2. The van der Waals surface area contributed by atoms with Gasteiger partial charge in [0.25, 0.3) is 0 Å². The Hall–Kier alpha value is -0.770. The number of hydrogen-bond acceptors (Lipinski definition) is 3. The average molecular weight is 172 g/mol. The van der Waals surface area contributed by atoms with E-state index in [-0.39, 0.29) is 5.92 Å². The SMILES string of the molecule is CCCCN(N)/C(=N\N)C(C)C. The molecule has 0 aromatic rings. The lowest BCUT2D eigenvalue weighted by Crippen LogP contribution is -2.41. The molecule has 0 amide bonds. The number of hydrogen-bond donors (Lipinski definition) is 2. The van der Waals surface area contributed by atoms with Gasteiger partial charge in [-0.25, -0.2) is 5.84 Å². The number of hydrazine groups is 1. The van der Waals surface area contributed by atoms with Crippen molar-refractivity contribution in [3.05, 3.63) is 0 Å². The fourth-order valence-corrected chi connectivity index (χ4v) is 0.998. The average Bonchev–Trinajstić information content (AvgIpc) is 2.01. The molecule has 4 heteroatoms. The molecule has 0 saturated carbocycles. The Balaban J connectivity index is 3.96. The quantitative estimate of drug-likeness (QED) is 0.286. The molecule has 12 heavy (non-hydrogen) atoms. The second-order valence-electron chi connectivity index (χ2n) is 3.19. The van der Waals surface area contributed by atoms with E-state index in [1.54, 1.807) is 5.01 Å². The zero-order valence-corrected chi connectivity index (χ0v) is 8.25. The van der Waals surface area contributed by atoms with Crippen molar-refractivity contribution in [1.82, 2.24) is 5.01 Å². The van der Waals surface area contributed by atoms with Crippen LogP contribution < -0.4 is 11.7 Å². The van der Waals surface area contributed by atoms with Crippen molar-refractivity contribution in [1.29, 1.82) is 0 Å². The van der Waals surface area contributed by atoms with E-state index < -0.39 is 0 Å². The zero-order chi connectivity index (χ0) is 9.56. The molecule has 0 aliphatic heterocycles. The summed E-state index contributed by atoms with van der Waals surface area (Å²) in [5.41, 5.74) is 0. The lowest BCUT2D eigenvalue weighted by molar-refractivity contribution is 0.405. The van der Waals surface area contributed by atoms with Crippen molar-refractivity contribution in [2.75, 3.05) is 6.54 Å². The van der Waals surface area contributed by atoms with Crippen LogP contribution in [0, 0.1) is 5.92 Å². The van der Waals surface area contributed by atoms with E-state index in [1.807, 2.05) is 13.8 Å². The van der Waals surface area contributed by atoms with E-state index in [4.69, 9.17) is 11.7 Å². The minimum absolute atomic E-state index is 0.289. The molecule has 0 bridgehead atoms. The van der Waals surface area contributed by atoms with Crippen molar-refractivity contribution in [2.45, 2.75) is 33.6 Å². The molecule has 0 heterocycles. The van der Waals surface area contributed by atoms with Crippen LogP contribution in [0.4, 0.5) is 0 Å². The van der Waals surface area contributed by atoms with Gasteiger partial charge in [0.05, 0.1) is 0 Å². The van der Waals surface area contributed by atoms with Gasteiger partial charge in [-0.05, 0) is 6.42 Å². The summed E-state index contributed by atoms with van der Waals surface area (Å²) in [7, 11) is 0. The van der Waals surface area contributed by atoms with Gasteiger partial charge in [-0.2, -0.15) is 5.10 Å². The number of nitrogens with zero attached hydrogens (tertiary/aromatic N) is 2. The van der Waals surface area contributed by atoms with Gasteiger partial charge in [0.1, 0.15) is 5.84 Å². The lowest BCUT2D eigenvalue weighted by atomic mass is 10.2. The Bertz CT molecular complexity index is 142. The van der Waals surface area contributed by atoms with Gasteiger partial charge >= 0.3 is 0 Å². The molecule has 0 aliphatic rings. The summed E-state index contributed by atoms with van der Waals surface area (Å²) in [6, 6.07) is 0. The molecular weight excluding hydrogens is 152 g/mol. The number of unbranched alkanes of at least 4 members (excludes halogenated alkanes) is 1. The Morgan fingerprint density at radius 3 is 2.42 bits per heavy atom. The predicted octanol–water partition coefficient (Wildman–Crippen LogP) is 0.890. The third-order valence-electron chi connectivity index (χ3n) is 1.70. The van der Waals surface area contributed by atoms with E-state index in [0.717, 1.165) is 25.2 Å². The number of amidine groups is 1. The molecule has 0 saturated heterocycles. The molecular formula is C8H20N4. The standard InChI is InChI=1S/C8H20N4/c1-4-5-6-12(10)8(11-9)7(2)3/h7H,4-6,9-10H2,1-3H3/b11-8-. The van der Waals surface area contributed by atoms with E-state index in [1.165, 1.54) is 0 Å². The van der Waals surface area contributed by atoms with Gasteiger partial charge in [0.2, 0.25) is 0 Å². The summed E-state index contributed by atoms with van der Waals surface area (Å²) in [5.74, 6) is 12.0. The highest BCUT2D eigenvalue weighted by atomic mass is 15.4. The minimum Gasteiger partial charge on any atom is -0.322 e. The van der Waals surface area contributed by atoms with Crippen LogP contribution in [-0.2, 0) is 0 Å². The molecule has 0 aliphatic carbocycles. The highest BCUT2D eigenvalue weighted by molar-refractivity contribution is 5.83. The molecule has 0 aromatic carbocycles. The Morgan fingerprint density at radius 1 is 1.50 bits per heavy atom. The summed E-state index contributed by atoms with van der Waals surface area (Å²) in [6.45, 7) is 7.00. The number of rotatable bonds is 4. The third kappa shape index (κ3) is 3.57. The Labute approximate surface area is 74.6 Å². The van der Waals surface area contributed by atoms with Crippen LogP contribution in [0.3, 0.4) is 0 Å². The van der Waals surface area contributed by atoms with Gasteiger partial charge < -0.3 is 5.84 Å². The molecule has 0 unspecified atom stereocenters. The third-order valence-corrected chi connectivity index (χ3v) is 1.70. The van der Waals surface area contributed by atoms with E-state index in [0.29, 0.717) is 0 Å². The Morgan fingerprint density at radius 2 is 2.08 bits per heavy atom. The highest BCUT2D eigenvalue weighted by Crippen LogP contribution is 2.00. The van der Waals surface area contributed by atoms with Crippen molar-refractivity contribution >= 4 is 5.84 Å². The maximum Gasteiger partial charge on any atom is 0.141 e. The van der Waals surface area contributed by atoms with Crippen LogP contribution in [0.1, 0.15) is 33.6 Å². The zero-order valence-electron chi connectivity index (χ0n) is 8.25. The van der Waals surface area contributed by atoms with Gasteiger partial charge in [0, 0.05) is 12.5 Å². The van der Waals surface area contributed by atoms with Gasteiger partial charge in [-0.15, -0.1) is 0 Å². The van der Waals surface area contributed by atoms with Gasteiger partial charge in [-0.1, -0.05) is 27.2 Å². The van der Waals surface area contributed by atoms with E-state index in [2.05, 4.69) is 12.0 Å². The summed E-state index contributed by atoms with van der Waals surface area (Å²) < 4.78 is 0. The molecule has 0 spiro atoms. The molecule has 0 fully saturated rings. The molecule has 0 radical (unpaired) electrons. The van der Waals surface area contributed by atoms with Crippen molar-refractivity contribution in [3.8, 4) is 0 Å². The van der Waals surface area contributed by atoms with Crippen LogP contribution in [0.15, 0.2) is 5.10 Å². The smallest absolute Gasteiger partial charge is 0.141 e. The fraction of sp³-hybridized carbons (Fsp3) is 0.875. The van der Waals surface area contributed by atoms with E-state index in [9.17, 15) is 0 Å². The maximum absolute atomic E-state index is 5.74. The lowest BCUT2D eigenvalue weighted by Gasteiger charge is -2.21. The van der Waals surface area contributed by atoms with Crippen LogP contribution in [0.5, 0.6) is 0 Å². The first-order valence-electron chi connectivity index (χ1n) is 4.43. The summed E-state index contributed by atoms with van der Waals surface area (Å²) in [4.78, 5) is 0. The van der Waals surface area contributed by atoms with Crippen molar-refractivity contribution in [3.63, 3.8) is 0 Å². The summed E-state index contributed by atoms with van der Waals surface area (Å²) >= 11 is 0. The van der Waals surface area contributed by atoms with Crippen LogP contribution in [0.25, 0.3) is 0 Å². The first-order chi connectivity index (χ1) is 5.63. The van der Waals surface area contributed by atoms with Crippen LogP contribution in [0.2, 0.25) is 0 Å². The Kier molecular flexibility index (Phi) is 5.45. The fourth-order valence-electron chi connectivity index (χ4n) is 0.998. The molecule has 0 aromatic heterocycles. The minimum atomic E-state index is 0.289. The number of hydrazone groups is 1. The topological polar surface area (TPSA) is 67.6 Å². The largest absolute Gasteiger partial charge is 0.322 e. The van der Waals surface area contributed by atoms with Gasteiger partial charge in [-0.3, -0.25) is 5.01 Å². The predicted molar refractivity (Wildman–Crippen MR) is 52.3 cm³/mol. The molecule has 72 valence electrons.